The lowest BCUT2D eigenvalue weighted by molar-refractivity contribution is -0.383. The molecule has 0 heterocycles. The molecule has 0 fully saturated rings. The van der Waals surface area contributed by atoms with Crippen LogP contribution < -0.4 is 0 Å². The van der Waals surface area contributed by atoms with Crippen molar-refractivity contribution in [3.05, 3.63) is 50.5 Å². The minimum absolute atomic E-state index is 0.0528. The Balaban J connectivity index is 2.95. The Morgan fingerprint density at radius 2 is 2.00 bits per heavy atom. The molecule has 2 aromatic rings. The van der Waals surface area contributed by atoms with Crippen molar-refractivity contribution in [1.29, 1.82) is 0 Å². The molecule has 86 valence electrons. The van der Waals surface area contributed by atoms with Crippen molar-refractivity contribution in [2.24, 2.45) is 0 Å². The first-order valence-electron chi connectivity index (χ1n) is 4.58. The van der Waals surface area contributed by atoms with Gasteiger partial charge in [0.05, 0.1) is 10.3 Å². The zero-order valence-electron chi connectivity index (χ0n) is 8.31. The predicted molar refractivity (Wildman–Crippen MR) is 68.5 cm³/mol. The molecule has 6 heteroatoms. The fourth-order valence-corrected chi connectivity index (χ4v) is 2.39. The number of halogens is 2. The van der Waals surface area contributed by atoms with Crippen LogP contribution in [0.15, 0.2) is 34.8 Å². The van der Waals surface area contributed by atoms with Gasteiger partial charge in [0.2, 0.25) is 0 Å². The Morgan fingerprint density at radius 1 is 1.29 bits per heavy atom. The first-order chi connectivity index (χ1) is 8.02. The monoisotopic (exact) mass is 313 g/mol. The van der Waals surface area contributed by atoms with Crippen LogP contribution in [0, 0.1) is 10.1 Å². The molecular formula is C11H5BrClNO3. The second-order valence-corrected chi connectivity index (χ2v) is 4.52. The molecule has 17 heavy (non-hydrogen) atoms. The number of carbonyl (C=O) groups excluding carboxylic acids is 1. The molecule has 0 aromatic heterocycles. The number of rotatable bonds is 2. The zero-order chi connectivity index (χ0) is 12.6. The predicted octanol–water partition coefficient (Wildman–Crippen LogP) is 3.89. The molecule has 2 aromatic carbocycles. The van der Waals surface area contributed by atoms with Gasteiger partial charge in [0.15, 0.2) is 0 Å². The van der Waals surface area contributed by atoms with Crippen molar-refractivity contribution in [3.63, 3.8) is 0 Å². The van der Waals surface area contributed by atoms with E-state index in [2.05, 4.69) is 15.9 Å². The molecule has 0 atom stereocenters. The Bertz CT molecular complexity index is 642. The number of hydrogen-bond acceptors (Lipinski definition) is 3. The maximum atomic E-state index is 11.3. The van der Waals surface area contributed by atoms with Gasteiger partial charge in [-0.15, -0.1) is 0 Å². The summed E-state index contributed by atoms with van der Waals surface area (Å²) in [5.41, 5.74) is 0.197. The van der Waals surface area contributed by atoms with E-state index in [0.29, 0.717) is 15.2 Å². The fourth-order valence-electron chi connectivity index (χ4n) is 1.67. The first-order valence-corrected chi connectivity index (χ1v) is 5.75. The van der Waals surface area contributed by atoms with Crippen molar-refractivity contribution in [2.75, 3.05) is 0 Å². The lowest BCUT2D eigenvalue weighted by atomic mass is 10.0. The van der Waals surface area contributed by atoms with Crippen molar-refractivity contribution < 1.29 is 9.72 Å². The van der Waals surface area contributed by atoms with Crippen LogP contribution in [0.25, 0.3) is 10.8 Å². The normalized spacial score (nSPS) is 10.5. The third-order valence-corrected chi connectivity index (χ3v) is 3.24. The minimum Gasteiger partial charge on any atom is -0.276 e. The summed E-state index contributed by atoms with van der Waals surface area (Å²) in [6.45, 7) is 0. The molecular weight excluding hydrogens is 309 g/mol. The molecule has 0 aliphatic rings. The van der Waals surface area contributed by atoms with Gasteiger partial charge in [-0.2, -0.15) is 0 Å². The van der Waals surface area contributed by atoms with E-state index in [1.165, 1.54) is 18.2 Å². The van der Waals surface area contributed by atoms with Crippen LogP contribution in [0.4, 0.5) is 5.69 Å². The van der Waals surface area contributed by atoms with Gasteiger partial charge >= 0.3 is 0 Å². The molecule has 0 saturated carbocycles. The van der Waals surface area contributed by atoms with E-state index >= 15 is 0 Å². The molecule has 2 rings (SSSR count). The molecule has 0 radical (unpaired) electrons. The number of benzene rings is 2. The Hall–Kier alpha value is -1.46. The molecule has 4 nitrogen and oxygen atoms in total. The van der Waals surface area contributed by atoms with Crippen LogP contribution in [0.2, 0.25) is 0 Å². The van der Waals surface area contributed by atoms with Crippen molar-refractivity contribution in [2.45, 2.75) is 0 Å². The second kappa shape index (κ2) is 4.43. The molecule has 0 bridgehead atoms. The highest BCUT2D eigenvalue weighted by Gasteiger charge is 2.17. The van der Waals surface area contributed by atoms with E-state index in [1.807, 2.05) is 0 Å². The SMILES string of the molecule is O=C(Cl)c1cccc2c([N+](=O)[O-])ccc(Br)c12. The smallest absolute Gasteiger partial charge is 0.276 e. The Morgan fingerprint density at radius 3 is 2.59 bits per heavy atom. The topological polar surface area (TPSA) is 60.2 Å². The third-order valence-electron chi connectivity index (χ3n) is 2.38. The van der Waals surface area contributed by atoms with Crippen LogP contribution in [0.3, 0.4) is 0 Å². The summed E-state index contributed by atoms with van der Waals surface area (Å²) in [5, 5.41) is 11.1. The van der Waals surface area contributed by atoms with Gasteiger partial charge in [-0.3, -0.25) is 14.9 Å². The van der Waals surface area contributed by atoms with E-state index in [-0.39, 0.29) is 11.3 Å². The Labute approximate surface area is 109 Å². The number of nitrogens with zero attached hydrogens (tertiary/aromatic N) is 1. The number of carbonyl (C=O) groups is 1. The van der Waals surface area contributed by atoms with Gasteiger partial charge in [0, 0.05) is 21.5 Å². The number of nitro groups is 1. The summed E-state index contributed by atoms with van der Waals surface area (Å²) in [6, 6.07) is 7.60. The molecule has 0 aliphatic heterocycles. The van der Waals surface area contributed by atoms with Crippen LogP contribution in [0.5, 0.6) is 0 Å². The van der Waals surface area contributed by atoms with Gasteiger partial charge in [-0.25, -0.2) is 0 Å². The summed E-state index contributed by atoms with van der Waals surface area (Å²) in [4.78, 5) is 21.7. The maximum Gasteiger partial charge on any atom is 0.277 e. The Kier molecular flexibility index (Phi) is 3.13. The first kappa shape index (κ1) is 12.0. The van der Waals surface area contributed by atoms with Crippen molar-refractivity contribution in [1.82, 2.24) is 0 Å². The lowest BCUT2D eigenvalue weighted by Crippen LogP contribution is -1.95. The van der Waals surface area contributed by atoms with Crippen molar-refractivity contribution in [3.8, 4) is 0 Å². The van der Waals surface area contributed by atoms with Crippen LogP contribution in [0.1, 0.15) is 10.4 Å². The minimum atomic E-state index is -0.642. The molecule has 0 unspecified atom stereocenters. The summed E-state index contributed by atoms with van der Waals surface area (Å²) in [6.07, 6.45) is 0. The maximum absolute atomic E-state index is 11.3. The standard InChI is InChI=1S/C11H5BrClNO3/c12-8-4-5-9(14(16)17)6-2-1-3-7(10(6)8)11(13)15/h1-5H. The highest BCUT2D eigenvalue weighted by Crippen LogP contribution is 2.34. The fraction of sp³-hybridized carbons (Fsp3) is 0. The highest BCUT2D eigenvalue weighted by atomic mass is 79.9. The number of hydrogen-bond donors (Lipinski definition) is 0. The summed E-state index contributed by atoms with van der Waals surface area (Å²) < 4.78 is 0.600. The summed E-state index contributed by atoms with van der Waals surface area (Å²) in [5.74, 6) is 0. The van der Waals surface area contributed by atoms with E-state index in [9.17, 15) is 14.9 Å². The van der Waals surface area contributed by atoms with Crippen LogP contribution >= 0.6 is 27.5 Å². The summed E-state index contributed by atoms with van der Waals surface area (Å²) >= 11 is 8.72. The third kappa shape index (κ3) is 2.03. The van der Waals surface area contributed by atoms with Crippen molar-refractivity contribution >= 4 is 49.2 Å². The van der Waals surface area contributed by atoms with Crippen LogP contribution in [-0.2, 0) is 0 Å². The molecule has 0 amide bonds. The van der Waals surface area contributed by atoms with E-state index in [0.717, 1.165) is 0 Å². The number of non-ortho nitro benzene ring substituents is 1. The van der Waals surface area contributed by atoms with Crippen LogP contribution in [-0.4, -0.2) is 10.2 Å². The molecule has 0 aliphatic carbocycles. The zero-order valence-corrected chi connectivity index (χ0v) is 10.7. The lowest BCUT2D eigenvalue weighted by Gasteiger charge is -2.05. The average molecular weight is 315 g/mol. The van der Waals surface area contributed by atoms with Gasteiger partial charge in [0.25, 0.3) is 10.9 Å². The van der Waals surface area contributed by atoms with Gasteiger partial charge < -0.3 is 0 Å². The van der Waals surface area contributed by atoms with Gasteiger partial charge in [-0.05, 0) is 29.8 Å². The number of nitro benzene ring substituents is 1. The van der Waals surface area contributed by atoms with Gasteiger partial charge in [-0.1, -0.05) is 22.0 Å². The van der Waals surface area contributed by atoms with E-state index in [1.54, 1.807) is 12.1 Å². The van der Waals surface area contributed by atoms with E-state index in [4.69, 9.17) is 11.6 Å². The quantitative estimate of drug-likeness (QED) is 0.480. The van der Waals surface area contributed by atoms with Gasteiger partial charge in [0.1, 0.15) is 0 Å². The largest absolute Gasteiger partial charge is 0.277 e. The molecule has 0 spiro atoms. The highest BCUT2D eigenvalue weighted by molar-refractivity contribution is 9.10. The summed E-state index contributed by atoms with van der Waals surface area (Å²) in [7, 11) is 0. The second-order valence-electron chi connectivity index (χ2n) is 3.33. The molecule has 0 saturated heterocycles. The molecule has 0 N–H and O–H groups in total. The number of fused-ring (bicyclic) bond motifs is 1. The van der Waals surface area contributed by atoms with E-state index < -0.39 is 10.2 Å². The average Bonchev–Trinajstić information content (AvgIpc) is 2.28.